The van der Waals surface area contributed by atoms with Crippen molar-refractivity contribution in [2.45, 2.75) is 63.1 Å². The standard InChI is InChI=1S/C60H58O6/c1-9-25-48(26-10-1)41-61-46-56(62-42-49-27-11-2-12-28-49)58(64-44-51-31-15-4-16-32-51)59(65-45-52-33-17-5-18-34-52)57(63-43-50-29-13-3-14-30-50)47-66-60(53-35-19-6-20-36-53,54-37-21-7-22-38-54)55-39-23-8-24-40-55/h1-40,56-59H,41-47H2. The molecular formula is C60H58O6. The van der Waals surface area contributed by atoms with Gasteiger partial charge in [-0.15, -0.1) is 0 Å². The zero-order valence-corrected chi connectivity index (χ0v) is 37.3. The van der Waals surface area contributed by atoms with E-state index in [1.165, 1.54) is 0 Å². The highest BCUT2D eigenvalue weighted by Crippen LogP contribution is 2.41. The second-order valence-corrected chi connectivity index (χ2v) is 16.3. The number of hydrogen-bond acceptors (Lipinski definition) is 6. The Kier molecular flexibility index (Phi) is 17.2. The number of benzene rings is 8. The van der Waals surface area contributed by atoms with E-state index in [1.54, 1.807) is 0 Å². The minimum atomic E-state index is -1.02. The van der Waals surface area contributed by atoms with E-state index in [2.05, 4.69) is 133 Å². The molecule has 0 fully saturated rings. The molecule has 0 aliphatic rings. The molecule has 334 valence electrons. The van der Waals surface area contributed by atoms with Crippen molar-refractivity contribution in [3.63, 3.8) is 0 Å². The lowest BCUT2D eigenvalue weighted by Gasteiger charge is -2.41. The van der Waals surface area contributed by atoms with Gasteiger partial charge in [-0.1, -0.05) is 243 Å². The highest BCUT2D eigenvalue weighted by atomic mass is 16.6. The summed E-state index contributed by atoms with van der Waals surface area (Å²) >= 11 is 0. The third-order valence-corrected chi connectivity index (χ3v) is 11.6. The van der Waals surface area contributed by atoms with E-state index in [4.69, 9.17) is 28.4 Å². The maximum Gasteiger partial charge on any atom is 0.143 e. The average Bonchev–Trinajstić information content (AvgIpc) is 3.40. The van der Waals surface area contributed by atoms with Crippen molar-refractivity contribution in [2.75, 3.05) is 13.2 Å². The lowest BCUT2D eigenvalue weighted by molar-refractivity contribution is -0.212. The van der Waals surface area contributed by atoms with E-state index in [0.29, 0.717) is 33.0 Å². The van der Waals surface area contributed by atoms with Crippen LogP contribution < -0.4 is 0 Å². The molecule has 6 heteroatoms. The van der Waals surface area contributed by atoms with Crippen molar-refractivity contribution in [1.29, 1.82) is 0 Å². The minimum Gasteiger partial charge on any atom is -0.374 e. The number of hydrogen-bond donors (Lipinski definition) is 0. The van der Waals surface area contributed by atoms with Crippen LogP contribution in [0.4, 0.5) is 0 Å². The zero-order valence-electron chi connectivity index (χ0n) is 37.3. The largest absolute Gasteiger partial charge is 0.374 e. The minimum absolute atomic E-state index is 0.118. The summed E-state index contributed by atoms with van der Waals surface area (Å²) in [6, 6.07) is 82.3. The second kappa shape index (κ2) is 24.7. The van der Waals surface area contributed by atoms with E-state index in [-0.39, 0.29) is 13.2 Å². The Bertz CT molecular complexity index is 2420. The van der Waals surface area contributed by atoms with Gasteiger partial charge in [0.25, 0.3) is 0 Å². The van der Waals surface area contributed by atoms with Crippen LogP contribution in [0.3, 0.4) is 0 Å². The lowest BCUT2D eigenvalue weighted by atomic mass is 9.80. The first kappa shape index (κ1) is 46.1. The van der Waals surface area contributed by atoms with E-state index < -0.39 is 30.0 Å². The molecule has 0 N–H and O–H groups in total. The summed E-state index contributed by atoms with van der Waals surface area (Å²) in [5.74, 6) is 0. The molecule has 0 amide bonds. The van der Waals surface area contributed by atoms with Gasteiger partial charge in [0.1, 0.15) is 30.0 Å². The lowest BCUT2D eigenvalue weighted by Crippen LogP contribution is -2.53. The van der Waals surface area contributed by atoms with Gasteiger partial charge >= 0.3 is 0 Å². The summed E-state index contributed by atoms with van der Waals surface area (Å²) in [4.78, 5) is 0. The molecule has 0 saturated heterocycles. The third kappa shape index (κ3) is 12.9. The van der Waals surface area contributed by atoms with Gasteiger partial charge in [-0.25, -0.2) is 0 Å². The molecule has 0 spiro atoms. The summed E-state index contributed by atoms with van der Waals surface area (Å²) in [7, 11) is 0. The first-order chi connectivity index (χ1) is 32.7. The summed E-state index contributed by atoms with van der Waals surface area (Å²) in [6.45, 7) is 1.97. The van der Waals surface area contributed by atoms with Crippen molar-refractivity contribution in [2.24, 2.45) is 0 Å². The van der Waals surface area contributed by atoms with Gasteiger partial charge in [0.15, 0.2) is 0 Å². The Hall–Kier alpha value is -6.48. The first-order valence-electron chi connectivity index (χ1n) is 22.8. The van der Waals surface area contributed by atoms with Crippen molar-refractivity contribution in [3.8, 4) is 0 Å². The van der Waals surface area contributed by atoms with E-state index in [0.717, 1.165) is 44.5 Å². The van der Waals surface area contributed by atoms with E-state index in [9.17, 15) is 0 Å². The van der Waals surface area contributed by atoms with Gasteiger partial charge in [0, 0.05) is 0 Å². The molecule has 8 aromatic carbocycles. The van der Waals surface area contributed by atoms with Gasteiger partial charge in [-0.3, -0.25) is 0 Å². The van der Waals surface area contributed by atoms with E-state index >= 15 is 0 Å². The summed E-state index contributed by atoms with van der Waals surface area (Å²) in [6.07, 6.45) is -2.75. The first-order valence-corrected chi connectivity index (χ1v) is 22.8. The van der Waals surface area contributed by atoms with Crippen molar-refractivity contribution >= 4 is 0 Å². The molecule has 8 aromatic rings. The summed E-state index contributed by atoms with van der Waals surface area (Å²) < 4.78 is 42.8. The van der Waals surface area contributed by atoms with Crippen molar-refractivity contribution in [3.05, 3.63) is 287 Å². The Morgan fingerprint density at radius 1 is 0.273 bits per heavy atom. The highest BCUT2D eigenvalue weighted by molar-refractivity contribution is 5.47. The Morgan fingerprint density at radius 3 is 0.848 bits per heavy atom. The quantitative estimate of drug-likeness (QED) is 0.0533. The SMILES string of the molecule is c1ccc(COCC(OCc2ccccc2)C(OCc2ccccc2)C(OCc2ccccc2)C(COC(c2ccccc2)(c2ccccc2)c2ccccc2)OCc2ccccc2)cc1. The van der Waals surface area contributed by atoms with Gasteiger partial charge in [0.2, 0.25) is 0 Å². The van der Waals surface area contributed by atoms with Gasteiger partial charge < -0.3 is 28.4 Å². The molecule has 66 heavy (non-hydrogen) atoms. The molecule has 0 aliphatic carbocycles. The van der Waals surface area contributed by atoms with Crippen LogP contribution in [0.2, 0.25) is 0 Å². The van der Waals surface area contributed by atoms with Crippen LogP contribution in [0.15, 0.2) is 243 Å². The van der Waals surface area contributed by atoms with Crippen molar-refractivity contribution < 1.29 is 28.4 Å². The fraction of sp³-hybridized carbons (Fsp3) is 0.200. The molecule has 4 unspecified atom stereocenters. The molecular weight excluding hydrogens is 817 g/mol. The van der Waals surface area contributed by atoms with Crippen LogP contribution in [0.1, 0.15) is 44.5 Å². The predicted octanol–water partition coefficient (Wildman–Crippen LogP) is 12.6. The zero-order chi connectivity index (χ0) is 44.9. The van der Waals surface area contributed by atoms with Gasteiger partial charge in [-0.2, -0.15) is 0 Å². The second-order valence-electron chi connectivity index (χ2n) is 16.3. The van der Waals surface area contributed by atoms with Crippen LogP contribution >= 0.6 is 0 Å². The maximum absolute atomic E-state index is 7.60. The smallest absolute Gasteiger partial charge is 0.143 e. The van der Waals surface area contributed by atoms with Crippen LogP contribution in [-0.4, -0.2) is 37.6 Å². The fourth-order valence-electron chi connectivity index (χ4n) is 8.23. The van der Waals surface area contributed by atoms with Crippen molar-refractivity contribution in [1.82, 2.24) is 0 Å². The molecule has 0 bridgehead atoms. The fourth-order valence-corrected chi connectivity index (χ4v) is 8.23. The Morgan fingerprint density at radius 2 is 0.530 bits per heavy atom. The van der Waals surface area contributed by atoms with Gasteiger partial charge in [0.05, 0.1) is 46.2 Å². The normalized spacial score (nSPS) is 13.4. The van der Waals surface area contributed by atoms with Crippen LogP contribution in [0, 0.1) is 0 Å². The average molecular weight is 875 g/mol. The number of rotatable bonds is 25. The summed E-state index contributed by atoms with van der Waals surface area (Å²) in [5, 5.41) is 0. The molecule has 4 atom stereocenters. The van der Waals surface area contributed by atoms with Crippen LogP contribution in [-0.2, 0) is 67.1 Å². The maximum atomic E-state index is 7.60. The highest BCUT2D eigenvalue weighted by Gasteiger charge is 2.43. The molecule has 0 aliphatic heterocycles. The van der Waals surface area contributed by atoms with E-state index in [1.807, 2.05) is 109 Å². The Balaban J connectivity index is 1.24. The molecule has 0 heterocycles. The molecule has 0 saturated carbocycles. The monoisotopic (exact) mass is 874 g/mol. The third-order valence-electron chi connectivity index (χ3n) is 11.6. The molecule has 6 nitrogen and oxygen atoms in total. The molecule has 8 rings (SSSR count). The molecule has 0 radical (unpaired) electrons. The Labute approximate surface area is 390 Å². The number of ether oxygens (including phenoxy) is 6. The summed E-state index contributed by atoms with van der Waals surface area (Å²) in [5.41, 5.74) is 7.09. The topological polar surface area (TPSA) is 55.4 Å². The van der Waals surface area contributed by atoms with Crippen LogP contribution in [0.5, 0.6) is 0 Å². The van der Waals surface area contributed by atoms with Gasteiger partial charge in [-0.05, 0) is 44.5 Å². The molecule has 0 aromatic heterocycles. The van der Waals surface area contributed by atoms with Crippen LogP contribution in [0.25, 0.3) is 0 Å². The predicted molar refractivity (Wildman–Crippen MR) is 261 cm³/mol.